The molecule has 1 aliphatic rings. The third-order valence-electron chi connectivity index (χ3n) is 5.36. The lowest BCUT2D eigenvalue weighted by atomic mass is 9.73. The number of carbonyl (C=O) groups excluding carboxylic acids is 1. The highest BCUT2D eigenvalue weighted by Gasteiger charge is 2.31. The van der Waals surface area contributed by atoms with Crippen LogP contribution < -0.4 is 5.32 Å². The summed E-state index contributed by atoms with van der Waals surface area (Å²) >= 11 is 5.07. The third kappa shape index (κ3) is 3.55. The van der Waals surface area contributed by atoms with E-state index in [0.29, 0.717) is 27.9 Å². The van der Waals surface area contributed by atoms with Crippen molar-refractivity contribution in [1.82, 2.24) is 14.4 Å². The number of aryl methyl sites for hydroxylation is 2. The lowest BCUT2D eigenvalue weighted by Crippen LogP contribution is -2.26. The molecule has 0 saturated heterocycles. The van der Waals surface area contributed by atoms with E-state index in [1.165, 1.54) is 4.88 Å². The van der Waals surface area contributed by atoms with Crippen molar-refractivity contribution in [3.63, 3.8) is 0 Å². The van der Waals surface area contributed by atoms with Crippen molar-refractivity contribution in [2.75, 3.05) is 5.32 Å². The van der Waals surface area contributed by atoms with Gasteiger partial charge in [0.05, 0.1) is 11.4 Å². The summed E-state index contributed by atoms with van der Waals surface area (Å²) in [4.78, 5) is 23.4. The maximum Gasteiger partial charge on any atom is 0.276 e. The Morgan fingerprint density at radius 2 is 2.11 bits per heavy atom. The molecule has 3 heterocycles. The molecular weight excluding hydrogens is 424 g/mol. The molecule has 0 bridgehead atoms. The monoisotopic (exact) mass is 446 g/mol. The van der Waals surface area contributed by atoms with E-state index in [9.17, 15) is 4.79 Å². The Hall–Kier alpha value is -1.73. The Morgan fingerprint density at radius 3 is 2.85 bits per heavy atom. The first-order chi connectivity index (χ1) is 12.7. The van der Waals surface area contributed by atoms with Gasteiger partial charge in [0.25, 0.3) is 5.91 Å². The van der Waals surface area contributed by atoms with Gasteiger partial charge in [-0.2, -0.15) is 0 Å². The zero-order valence-electron chi connectivity index (χ0n) is 16.0. The van der Waals surface area contributed by atoms with Crippen molar-refractivity contribution >= 4 is 44.0 Å². The summed E-state index contributed by atoms with van der Waals surface area (Å²) in [7, 11) is 0. The van der Waals surface area contributed by atoms with Gasteiger partial charge in [0.15, 0.2) is 5.13 Å². The van der Waals surface area contributed by atoms with Gasteiger partial charge in [-0.1, -0.05) is 20.8 Å². The molecule has 7 heteroatoms. The summed E-state index contributed by atoms with van der Waals surface area (Å²) in [6.07, 6.45) is 5.07. The third-order valence-corrected chi connectivity index (χ3v) is 6.86. The van der Waals surface area contributed by atoms with Crippen LogP contribution in [0.3, 0.4) is 0 Å². The average molecular weight is 447 g/mol. The summed E-state index contributed by atoms with van der Waals surface area (Å²) < 4.78 is 2.72. The molecule has 4 rings (SSSR count). The fourth-order valence-electron chi connectivity index (χ4n) is 3.73. The molecule has 0 fully saturated rings. The van der Waals surface area contributed by atoms with Crippen LogP contribution in [0.15, 0.2) is 22.8 Å². The van der Waals surface area contributed by atoms with E-state index in [2.05, 4.69) is 47.0 Å². The molecule has 1 amide bonds. The quantitative estimate of drug-likeness (QED) is 0.583. The molecule has 1 aliphatic carbocycles. The Labute approximate surface area is 171 Å². The van der Waals surface area contributed by atoms with E-state index in [0.717, 1.165) is 35.1 Å². The van der Waals surface area contributed by atoms with Gasteiger partial charge in [-0.25, -0.2) is 9.97 Å². The van der Waals surface area contributed by atoms with Gasteiger partial charge in [-0.3, -0.25) is 14.5 Å². The van der Waals surface area contributed by atoms with Crippen LogP contribution in [-0.4, -0.2) is 20.3 Å². The molecule has 0 aromatic carbocycles. The van der Waals surface area contributed by atoms with E-state index in [4.69, 9.17) is 4.98 Å². The molecule has 0 saturated carbocycles. The van der Waals surface area contributed by atoms with Crippen molar-refractivity contribution in [2.45, 2.75) is 47.0 Å². The van der Waals surface area contributed by atoms with Crippen molar-refractivity contribution in [1.29, 1.82) is 0 Å². The Balaban J connectivity index is 1.59. The number of nitrogens with zero attached hydrogens (tertiary/aromatic N) is 3. The number of fused-ring (bicyclic) bond motifs is 2. The van der Waals surface area contributed by atoms with Crippen LogP contribution in [0.25, 0.3) is 5.65 Å². The van der Waals surface area contributed by atoms with E-state index < -0.39 is 0 Å². The van der Waals surface area contributed by atoms with E-state index in [1.807, 2.05) is 29.7 Å². The fraction of sp³-hybridized carbons (Fsp3) is 0.450. The zero-order valence-corrected chi connectivity index (χ0v) is 18.4. The predicted octanol–water partition coefficient (Wildman–Crippen LogP) is 5.27. The number of carbonyl (C=O) groups is 1. The minimum Gasteiger partial charge on any atom is -0.296 e. The summed E-state index contributed by atoms with van der Waals surface area (Å²) in [6.45, 7) is 8.77. The zero-order chi connectivity index (χ0) is 19.3. The average Bonchev–Trinajstić information content (AvgIpc) is 3.12. The van der Waals surface area contributed by atoms with Gasteiger partial charge < -0.3 is 0 Å². The lowest BCUT2D eigenvalue weighted by molar-refractivity contribution is 0.102. The van der Waals surface area contributed by atoms with Gasteiger partial charge in [0.2, 0.25) is 0 Å². The van der Waals surface area contributed by atoms with Crippen LogP contribution in [0, 0.1) is 18.3 Å². The molecule has 1 atom stereocenters. The number of halogens is 1. The van der Waals surface area contributed by atoms with Crippen molar-refractivity contribution < 1.29 is 4.79 Å². The van der Waals surface area contributed by atoms with E-state index in [1.54, 1.807) is 11.3 Å². The number of rotatable bonds is 2. The topological polar surface area (TPSA) is 59.3 Å². The number of pyridine rings is 1. The van der Waals surface area contributed by atoms with Crippen molar-refractivity contribution in [3.8, 4) is 0 Å². The number of thiazole rings is 1. The molecule has 5 nitrogen and oxygen atoms in total. The smallest absolute Gasteiger partial charge is 0.276 e. The Kier molecular flexibility index (Phi) is 4.63. The second kappa shape index (κ2) is 6.71. The standard InChI is InChI=1S/C20H23BrN4OS/c1-11-17(25-10-13(21)6-8-16(25)22-11)18(26)24-19-23-14-7-5-12(20(2,3)4)9-15(14)27-19/h6,8,10,12H,5,7,9H2,1-4H3,(H,23,24,26). The Bertz CT molecular complexity index is 1030. The molecule has 0 radical (unpaired) electrons. The minimum atomic E-state index is -0.170. The number of aromatic nitrogens is 3. The van der Waals surface area contributed by atoms with Gasteiger partial charge in [0.1, 0.15) is 11.3 Å². The summed E-state index contributed by atoms with van der Waals surface area (Å²) in [5.74, 6) is 0.490. The first kappa shape index (κ1) is 18.6. The maximum atomic E-state index is 12.9. The predicted molar refractivity (Wildman–Crippen MR) is 113 cm³/mol. The molecule has 1 N–H and O–H groups in total. The van der Waals surface area contributed by atoms with E-state index in [-0.39, 0.29) is 5.91 Å². The van der Waals surface area contributed by atoms with Gasteiger partial charge in [-0.05, 0) is 65.6 Å². The fourth-order valence-corrected chi connectivity index (χ4v) is 5.15. The maximum absolute atomic E-state index is 12.9. The second-order valence-corrected chi connectivity index (χ2v) is 10.3. The molecule has 1 unspecified atom stereocenters. The highest BCUT2D eigenvalue weighted by atomic mass is 79.9. The van der Waals surface area contributed by atoms with Crippen LogP contribution >= 0.6 is 27.3 Å². The summed E-state index contributed by atoms with van der Waals surface area (Å²) in [6, 6.07) is 3.81. The van der Waals surface area contributed by atoms with Crippen LogP contribution in [0.4, 0.5) is 5.13 Å². The molecule has 0 aliphatic heterocycles. The van der Waals surface area contributed by atoms with Gasteiger partial charge in [-0.15, -0.1) is 11.3 Å². The van der Waals surface area contributed by atoms with Gasteiger partial charge >= 0.3 is 0 Å². The van der Waals surface area contributed by atoms with Crippen molar-refractivity contribution in [3.05, 3.63) is 44.8 Å². The van der Waals surface area contributed by atoms with Crippen LogP contribution in [0.2, 0.25) is 0 Å². The van der Waals surface area contributed by atoms with Crippen molar-refractivity contribution in [2.24, 2.45) is 11.3 Å². The number of nitrogens with one attached hydrogen (secondary N) is 1. The highest BCUT2D eigenvalue weighted by Crippen LogP contribution is 2.40. The number of hydrogen-bond donors (Lipinski definition) is 1. The number of amides is 1. The van der Waals surface area contributed by atoms with Gasteiger partial charge in [0, 0.05) is 15.5 Å². The summed E-state index contributed by atoms with van der Waals surface area (Å²) in [5, 5.41) is 3.68. The molecule has 0 spiro atoms. The molecule has 27 heavy (non-hydrogen) atoms. The SMILES string of the molecule is Cc1nc2ccc(Br)cn2c1C(=O)Nc1nc2c(s1)CC(C(C)(C)C)CC2. The summed E-state index contributed by atoms with van der Waals surface area (Å²) in [5.41, 5.74) is 3.46. The van der Waals surface area contributed by atoms with Crippen LogP contribution in [0.5, 0.6) is 0 Å². The largest absolute Gasteiger partial charge is 0.296 e. The molecule has 3 aromatic heterocycles. The minimum absolute atomic E-state index is 0.170. The molecule has 3 aromatic rings. The second-order valence-electron chi connectivity index (χ2n) is 8.27. The Morgan fingerprint density at radius 1 is 1.33 bits per heavy atom. The normalized spacial score (nSPS) is 17.1. The first-order valence-electron chi connectivity index (χ1n) is 9.16. The lowest BCUT2D eigenvalue weighted by Gasteiger charge is -2.33. The highest BCUT2D eigenvalue weighted by molar-refractivity contribution is 9.10. The number of hydrogen-bond acceptors (Lipinski definition) is 4. The number of anilines is 1. The van der Waals surface area contributed by atoms with Crippen LogP contribution in [0.1, 0.15) is 53.9 Å². The number of imidazole rings is 1. The van der Waals surface area contributed by atoms with Crippen LogP contribution in [-0.2, 0) is 12.8 Å². The molecule has 142 valence electrons. The first-order valence-corrected chi connectivity index (χ1v) is 10.8. The van der Waals surface area contributed by atoms with E-state index >= 15 is 0 Å². The molecular formula is C20H23BrN4OS.